The van der Waals surface area contributed by atoms with Crippen molar-refractivity contribution in [2.75, 3.05) is 6.61 Å². The summed E-state index contributed by atoms with van der Waals surface area (Å²) in [6.45, 7) is 2.27. The van der Waals surface area contributed by atoms with Crippen molar-refractivity contribution in [2.45, 2.75) is 25.8 Å². The largest absolute Gasteiger partial charge is 0.504 e. The molecular formula is C29H22FIN2O3S. The number of halogens is 2. The van der Waals surface area contributed by atoms with E-state index in [2.05, 4.69) is 34.7 Å². The van der Waals surface area contributed by atoms with Gasteiger partial charge in [0.15, 0.2) is 16.3 Å². The van der Waals surface area contributed by atoms with Crippen molar-refractivity contribution in [3.05, 3.63) is 118 Å². The van der Waals surface area contributed by atoms with Crippen LogP contribution in [0.1, 0.15) is 41.6 Å². The van der Waals surface area contributed by atoms with Crippen molar-refractivity contribution < 1.29 is 14.2 Å². The molecule has 186 valence electrons. The van der Waals surface area contributed by atoms with Gasteiger partial charge in [-0.1, -0.05) is 47.7 Å². The maximum atomic E-state index is 13.9. The highest BCUT2D eigenvalue weighted by atomic mass is 127. The zero-order valence-electron chi connectivity index (χ0n) is 19.9. The zero-order valence-corrected chi connectivity index (χ0v) is 22.8. The van der Waals surface area contributed by atoms with Crippen LogP contribution in [0.3, 0.4) is 0 Å². The first kappa shape index (κ1) is 24.1. The number of benzene rings is 3. The van der Waals surface area contributed by atoms with Crippen LogP contribution in [0.5, 0.6) is 11.5 Å². The Balaban J connectivity index is 1.59. The molecular weight excluding hydrogens is 602 g/mol. The van der Waals surface area contributed by atoms with Gasteiger partial charge in [0.1, 0.15) is 5.82 Å². The minimum Gasteiger partial charge on any atom is -0.504 e. The number of rotatable bonds is 4. The highest BCUT2D eigenvalue weighted by molar-refractivity contribution is 14.1. The molecule has 0 fully saturated rings. The van der Waals surface area contributed by atoms with Gasteiger partial charge in [0.2, 0.25) is 0 Å². The quantitative estimate of drug-likeness (QED) is 0.319. The molecule has 0 spiro atoms. The Morgan fingerprint density at radius 1 is 1.19 bits per heavy atom. The van der Waals surface area contributed by atoms with Gasteiger partial charge in [-0.25, -0.2) is 9.38 Å². The van der Waals surface area contributed by atoms with Crippen LogP contribution in [-0.2, 0) is 6.42 Å². The molecule has 1 aliphatic carbocycles. The number of ether oxygens (including phenoxy) is 1. The second kappa shape index (κ2) is 9.57. The second-order valence-electron chi connectivity index (χ2n) is 8.95. The van der Waals surface area contributed by atoms with Crippen LogP contribution in [0, 0.1) is 9.39 Å². The van der Waals surface area contributed by atoms with Gasteiger partial charge in [0.25, 0.3) is 5.56 Å². The monoisotopic (exact) mass is 624 g/mol. The fourth-order valence-electron chi connectivity index (χ4n) is 5.06. The summed E-state index contributed by atoms with van der Waals surface area (Å²) in [4.78, 5) is 19.5. The number of nitrogens with zero attached hydrogens (tertiary/aromatic N) is 2. The highest BCUT2D eigenvalue weighted by Gasteiger charge is 2.32. The van der Waals surface area contributed by atoms with E-state index < -0.39 is 0 Å². The van der Waals surface area contributed by atoms with Gasteiger partial charge in [-0.2, -0.15) is 0 Å². The molecule has 0 saturated carbocycles. The Hall–Kier alpha value is -3.24. The summed E-state index contributed by atoms with van der Waals surface area (Å²) in [6.07, 6.45) is 3.45. The summed E-state index contributed by atoms with van der Waals surface area (Å²) >= 11 is 3.39. The van der Waals surface area contributed by atoms with Crippen molar-refractivity contribution in [1.82, 2.24) is 4.57 Å². The maximum absolute atomic E-state index is 13.9. The Labute approximate surface area is 230 Å². The van der Waals surface area contributed by atoms with E-state index in [0.29, 0.717) is 25.3 Å². The first-order chi connectivity index (χ1) is 17.9. The molecule has 5 nitrogen and oxygen atoms in total. The summed E-state index contributed by atoms with van der Waals surface area (Å²) in [5, 5.41) is 10.3. The van der Waals surface area contributed by atoms with Crippen LogP contribution in [-0.4, -0.2) is 16.3 Å². The molecule has 1 atom stereocenters. The van der Waals surface area contributed by atoms with Crippen molar-refractivity contribution in [1.29, 1.82) is 0 Å². The van der Waals surface area contributed by atoms with Crippen LogP contribution >= 0.6 is 33.9 Å². The van der Waals surface area contributed by atoms with Gasteiger partial charge in [0.05, 0.1) is 26.4 Å². The fraction of sp³-hybridized carbons (Fsp3) is 0.172. The number of hydrogen-bond acceptors (Lipinski definition) is 5. The minimum atomic E-state index is -0.360. The van der Waals surface area contributed by atoms with E-state index in [1.807, 2.05) is 31.2 Å². The van der Waals surface area contributed by atoms with E-state index in [9.17, 15) is 14.3 Å². The lowest BCUT2D eigenvalue weighted by Crippen LogP contribution is -2.38. The predicted octanol–water partition coefficient (Wildman–Crippen LogP) is 5.17. The molecule has 0 bridgehead atoms. The molecule has 8 heteroatoms. The van der Waals surface area contributed by atoms with Crippen molar-refractivity contribution >= 4 is 45.7 Å². The number of thiazole rings is 1. The molecule has 2 heterocycles. The summed E-state index contributed by atoms with van der Waals surface area (Å²) < 4.78 is 22.3. The molecule has 1 aliphatic heterocycles. The van der Waals surface area contributed by atoms with Gasteiger partial charge < -0.3 is 9.84 Å². The number of phenols is 1. The molecule has 2 aliphatic rings. The van der Waals surface area contributed by atoms with Gasteiger partial charge in [-0.15, -0.1) is 0 Å². The van der Waals surface area contributed by atoms with Crippen molar-refractivity contribution in [3.63, 3.8) is 0 Å². The van der Waals surface area contributed by atoms with E-state index in [4.69, 9.17) is 9.73 Å². The molecule has 1 aromatic heterocycles. The molecule has 4 aromatic rings. The third-order valence-corrected chi connectivity index (χ3v) is 8.51. The molecule has 3 aromatic carbocycles. The van der Waals surface area contributed by atoms with E-state index >= 15 is 0 Å². The number of aryl methyl sites for hydroxylation is 1. The Bertz CT molecular complexity index is 1760. The van der Waals surface area contributed by atoms with Crippen LogP contribution in [0.4, 0.5) is 4.39 Å². The normalized spacial score (nSPS) is 16.6. The number of aromatic hydroxyl groups is 1. The lowest BCUT2D eigenvalue weighted by Gasteiger charge is -2.30. The fourth-order valence-corrected chi connectivity index (χ4v) is 6.69. The van der Waals surface area contributed by atoms with Crippen molar-refractivity contribution in [3.8, 4) is 11.5 Å². The van der Waals surface area contributed by atoms with Gasteiger partial charge in [0, 0.05) is 5.56 Å². The minimum absolute atomic E-state index is 0.0868. The molecule has 6 rings (SSSR count). The van der Waals surface area contributed by atoms with E-state index in [1.165, 1.54) is 29.0 Å². The van der Waals surface area contributed by atoms with Gasteiger partial charge >= 0.3 is 0 Å². The SMILES string of the molecule is CCOc1cc(/C=c2/sc3n(c2=O)[C@H](c2ccc(F)cc2)C2=C(N=3)c3ccccc3CC2)cc(I)c1O. The van der Waals surface area contributed by atoms with Gasteiger partial charge in [-0.3, -0.25) is 9.36 Å². The van der Waals surface area contributed by atoms with Gasteiger partial charge in [-0.05, 0) is 95.0 Å². The predicted molar refractivity (Wildman–Crippen MR) is 151 cm³/mol. The third kappa shape index (κ3) is 4.21. The number of fused-ring (bicyclic) bond motifs is 3. The lowest BCUT2D eigenvalue weighted by molar-refractivity contribution is 0.317. The van der Waals surface area contributed by atoms with Crippen LogP contribution in [0.25, 0.3) is 11.8 Å². The van der Waals surface area contributed by atoms with Crippen LogP contribution < -0.4 is 19.6 Å². The van der Waals surface area contributed by atoms with Crippen LogP contribution in [0.15, 0.2) is 76.0 Å². The van der Waals surface area contributed by atoms with E-state index in [1.54, 1.807) is 22.8 Å². The Morgan fingerprint density at radius 3 is 2.76 bits per heavy atom. The Morgan fingerprint density at radius 2 is 1.97 bits per heavy atom. The molecule has 0 unspecified atom stereocenters. The number of hydrogen-bond donors (Lipinski definition) is 1. The Kier molecular flexibility index (Phi) is 6.24. The average Bonchev–Trinajstić information content (AvgIpc) is 3.20. The summed E-state index contributed by atoms with van der Waals surface area (Å²) in [5.74, 6) is 0.153. The molecule has 37 heavy (non-hydrogen) atoms. The topological polar surface area (TPSA) is 63.8 Å². The lowest BCUT2D eigenvalue weighted by atomic mass is 9.83. The third-order valence-electron chi connectivity index (χ3n) is 6.71. The first-order valence-electron chi connectivity index (χ1n) is 12.0. The smallest absolute Gasteiger partial charge is 0.271 e. The number of aromatic nitrogens is 1. The average molecular weight is 624 g/mol. The molecule has 0 saturated heterocycles. The summed E-state index contributed by atoms with van der Waals surface area (Å²) in [6, 6.07) is 17.8. The maximum Gasteiger partial charge on any atom is 0.271 e. The molecule has 0 radical (unpaired) electrons. The van der Waals surface area contributed by atoms with Crippen LogP contribution in [0.2, 0.25) is 0 Å². The second-order valence-corrected chi connectivity index (χ2v) is 11.1. The zero-order chi connectivity index (χ0) is 25.7. The molecule has 0 amide bonds. The summed E-state index contributed by atoms with van der Waals surface area (Å²) in [7, 11) is 0. The highest BCUT2D eigenvalue weighted by Crippen LogP contribution is 2.41. The molecule has 1 N–H and O–H groups in total. The van der Waals surface area contributed by atoms with Crippen molar-refractivity contribution in [2.24, 2.45) is 4.99 Å². The van der Waals surface area contributed by atoms with E-state index in [0.717, 1.165) is 40.8 Å². The summed E-state index contributed by atoms with van der Waals surface area (Å²) in [5.41, 5.74) is 5.76. The standard InChI is InChI=1S/C29H22FIN2O3S/c1-2-36-23-14-16(13-22(31)27(23)34)15-24-28(35)33-26(18-7-10-19(30)11-8-18)21-12-9-17-5-3-4-6-20(17)25(21)32-29(33)37-24/h3-8,10-11,13-15,26,34H,2,9,12H2,1H3/b24-15+/t26-/m1/s1. The first-order valence-corrected chi connectivity index (χ1v) is 13.9. The van der Waals surface area contributed by atoms with E-state index in [-0.39, 0.29) is 23.2 Å². The number of allylic oxidation sites excluding steroid dienone is 1. The number of phenolic OH excluding ortho intramolecular Hbond substituents is 1.